The minimum atomic E-state index is -0.230. The Morgan fingerprint density at radius 3 is 2.22 bits per heavy atom. The van der Waals surface area contributed by atoms with Crippen molar-refractivity contribution in [2.75, 3.05) is 7.05 Å². The molecule has 1 N–H and O–H groups in total. The highest BCUT2D eigenvalue weighted by molar-refractivity contribution is 6.24. The van der Waals surface area contributed by atoms with Gasteiger partial charge in [0.05, 0.1) is 11.2 Å². The molecule has 3 atom stereocenters. The lowest BCUT2D eigenvalue weighted by Crippen LogP contribution is -2.54. The average molecular weight is 824 g/mol. The normalized spacial score (nSPS) is 17.6. The van der Waals surface area contributed by atoms with Gasteiger partial charge < -0.3 is 5.32 Å². The van der Waals surface area contributed by atoms with E-state index in [0.717, 1.165) is 73.2 Å². The lowest BCUT2D eigenvalue weighted by molar-refractivity contribution is 0.168. The number of fused-ring (bicyclic) bond motifs is 7. The van der Waals surface area contributed by atoms with Crippen molar-refractivity contribution in [3.63, 3.8) is 0 Å². The largest absolute Gasteiger partial charge is 0.351 e. The second-order valence-corrected chi connectivity index (χ2v) is 17.4. The number of nitrogens with zero attached hydrogens (tertiary/aromatic N) is 4. The number of para-hydroxylation sites is 1. The predicted octanol–water partition coefficient (Wildman–Crippen LogP) is 13.7. The third kappa shape index (κ3) is 6.56. The summed E-state index contributed by atoms with van der Waals surface area (Å²) < 4.78 is 0. The van der Waals surface area contributed by atoms with Crippen molar-refractivity contribution < 1.29 is 0 Å². The summed E-state index contributed by atoms with van der Waals surface area (Å²) in [4.78, 5) is 17.9. The van der Waals surface area contributed by atoms with Crippen LogP contribution in [-0.2, 0) is 6.42 Å². The van der Waals surface area contributed by atoms with Gasteiger partial charge in [-0.1, -0.05) is 159 Å². The van der Waals surface area contributed by atoms with Crippen molar-refractivity contribution in [2.24, 2.45) is 10.9 Å². The Morgan fingerprint density at radius 1 is 0.578 bits per heavy atom. The molecule has 0 fully saturated rings. The van der Waals surface area contributed by atoms with Crippen LogP contribution < -0.4 is 5.32 Å². The van der Waals surface area contributed by atoms with E-state index < -0.39 is 0 Å². The maximum absolute atomic E-state index is 5.65. The highest BCUT2D eigenvalue weighted by atomic mass is 15.4. The second kappa shape index (κ2) is 15.6. The molecule has 2 aromatic heterocycles. The van der Waals surface area contributed by atoms with Crippen LogP contribution in [0.4, 0.5) is 0 Å². The van der Waals surface area contributed by atoms with E-state index >= 15 is 0 Å². The minimum Gasteiger partial charge on any atom is -0.351 e. The molecule has 64 heavy (non-hydrogen) atoms. The number of hydrogen-bond donors (Lipinski definition) is 1. The number of hydrogen-bond acceptors (Lipinski definition) is 5. The Bertz CT molecular complexity index is 3500. The molecule has 5 heteroatoms. The van der Waals surface area contributed by atoms with Crippen LogP contribution in [0.1, 0.15) is 35.3 Å². The highest BCUT2D eigenvalue weighted by Crippen LogP contribution is 2.42. The molecule has 5 nitrogen and oxygen atoms in total. The van der Waals surface area contributed by atoms with Gasteiger partial charge in [-0.25, -0.2) is 9.98 Å². The first-order valence-electron chi connectivity index (χ1n) is 22.2. The van der Waals surface area contributed by atoms with Crippen LogP contribution in [0.2, 0.25) is 0 Å². The number of aliphatic imine (C=N–C) groups is 1. The molecule has 0 radical (unpaired) electrons. The molecule has 2 aliphatic rings. The number of rotatable bonds is 6. The monoisotopic (exact) mass is 823 g/mol. The van der Waals surface area contributed by atoms with Crippen molar-refractivity contribution in [3.05, 3.63) is 222 Å². The summed E-state index contributed by atoms with van der Waals surface area (Å²) in [6.45, 7) is 2.36. The molecule has 306 valence electrons. The van der Waals surface area contributed by atoms with Crippen molar-refractivity contribution in [1.82, 2.24) is 20.2 Å². The molecule has 0 saturated carbocycles. The van der Waals surface area contributed by atoms with Gasteiger partial charge in [0.2, 0.25) is 0 Å². The van der Waals surface area contributed by atoms with Crippen LogP contribution in [0.5, 0.6) is 0 Å². The minimum absolute atomic E-state index is 0.0950. The van der Waals surface area contributed by atoms with E-state index in [1.165, 1.54) is 43.6 Å². The Kier molecular flexibility index (Phi) is 9.24. The lowest BCUT2D eigenvalue weighted by Gasteiger charge is -2.42. The summed E-state index contributed by atoms with van der Waals surface area (Å²) in [6, 6.07) is 65.7. The van der Waals surface area contributed by atoms with E-state index in [4.69, 9.17) is 9.98 Å². The summed E-state index contributed by atoms with van der Waals surface area (Å²) >= 11 is 0. The first-order valence-corrected chi connectivity index (χ1v) is 22.2. The highest BCUT2D eigenvalue weighted by Gasteiger charge is 2.36. The summed E-state index contributed by atoms with van der Waals surface area (Å²) in [5.41, 5.74) is 13.7. The molecule has 0 spiro atoms. The summed E-state index contributed by atoms with van der Waals surface area (Å²) in [5, 5.41) is 12.4. The Hall–Kier alpha value is -7.73. The number of benzene rings is 8. The van der Waals surface area contributed by atoms with Gasteiger partial charge in [0.25, 0.3) is 0 Å². The second-order valence-electron chi connectivity index (χ2n) is 17.4. The van der Waals surface area contributed by atoms with E-state index in [0.29, 0.717) is 5.92 Å². The van der Waals surface area contributed by atoms with E-state index in [1.807, 2.05) is 18.5 Å². The van der Waals surface area contributed by atoms with Crippen molar-refractivity contribution in [1.29, 1.82) is 0 Å². The van der Waals surface area contributed by atoms with Gasteiger partial charge in [-0.05, 0) is 116 Å². The van der Waals surface area contributed by atoms with Gasteiger partial charge in [0, 0.05) is 45.2 Å². The van der Waals surface area contributed by atoms with Gasteiger partial charge in [0.15, 0.2) is 0 Å². The first-order chi connectivity index (χ1) is 31.5. The fraction of sp³-hybridized carbons (Fsp3) is 0.102. The Balaban J connectivity index is 1.07. The number of nitrogens with one attached hydrogen (secondary N) is 1. The van der Waals surface area contributed by atoms with Gasteiger partial charge in [-0.3, -0.25) is 9.88 Å². The topological polar surface area (TPSA) is 53.4 Å². The van der Waals surface area contributed by atoms with Crippen molar-refractivity contribution in [2.45, 2.75) is 25.7 Å². The molecule has 10 aromatic rings. The average Bonchev–Trinajstić information content (AvgIpc) is 3.36. The van der Waals surface area contributed by atoms with Crippen LogP contribution in [0.15, 0.2) is 205 Å². The standard InChI is InChI=1S/C59H45N5/c1-37-30-40-17-8-9-19-42(40)35-53(37)59-63-57(62-58(64(59)2)43-26-25-38-14-6-7-18-41(38)31-43)47-33-45(44-20-13-29-60-36-44)32-46(34-47)48-22-12-23-50-49(48)27-28-52-55(50)51-21-10-11-24-54(51)61-56(52)39-15-4-3-5-16-39/h3-29,31-37,58-59H,30H2,1-2H3,(H,62,63). The van der Waals surface area contributed by atoms with E-state index in [9.17, 15) is 0 Å². The van der Waals surface area contributed by atoms with Crippen LogP contribution in [0.3, 0.4) is 0 Å². The van der Waals surface area contributed by atoms with E-state index in [-0.39, 0.29) is 12.3 Å². The fourth-order valence-electron chi connectivity index (χ4n) is 10.3. The van der Waals surface area contributed by atoms with Crippen LogP contribution in [-0.4, -0.2) is 33.9 Å². The van der Waals surface area contributed by atoms with Crippen molar-refractivity contribution in [3.8, 4) is 33.5 Å². The van der Waals surface area contributed by atoms with Crippen LogP contribution in [0.25, 0.3) is 82.8 Å². The zero-order valence-electron chi connectivity index (χ0n) is 35.8. The molecule has 1 aliphatic carbocycles. The predicted molar refractivity (Wildman–Crippen MR) is 266 cm³/mol. The third-order valence-corrected chi connectivity index (χ3v) is 13.5. The maximum atomic E-state index is 5.65. The zero-order chi connectivity index (χ0) is 42.7. The zero-order valence-corrected chi connectivity index (χ0v) is 35.8. The number of amidine groups is 1. The van der Waals surface area contributed by atoms with E-state index in [2.05, 4.69) is 211 Å². The summed E-state index contributed by atoms with van der Waals surface area (Å²) in [7, 11) is 2.21. The smallest absolute Gasteiger partial charge is 0.132 e. The van der Waals surface area contributed by atoms with Crippen LogP contribution >= 0.6 is 0 Å². The van der Waals surface area contributed by atoms with Gasteiger partial charge in [-0.15, -0.1) is 0 Å². The molecule has 0 bridgehead atoms. The SMILES string of the molecule is CC1Cc2ccccc2C=C1C1NC(c2cc(-c3cccnc3)cc(-c3cccc4c3ccc3c(-c5ccccc5)nc5ccccc5c34)c2)=NC(c2ccc3ccccc3c2)N1C. The van der Waals surface area contributed by atoms with Gasteiger partial charge in [0.1, 0.15) is 18.2 Å². The molecule has 12 rings (SSSR count). The Morgan fingerprint density at radius 2 is 1.33 bits per heavy atom. The summed E-state index contributed by atoms with van der Waals surface area (Å²) in [6.07, 6.45) is 6.88. The lowest BCUT2D eigenvalue weighted by atomic mass is 9.82. The van der Waals surface area contributed by atoms with Crippen molar-refractivity contribution >= 4 is 55.1 Å². The fourth-order valence-corrected chi connectivity index (χ4v) is 10.3. The van der Waals surface area contributed by atoms with Gasteiger partial charge in [-0.2, -0.15) is 0 Å². The Labute approximate surface area is 373 Å². The van der Waals surface area contributed by atoms with E-state index in [1.54, 1.807) is 0 Å². The number of aromatic nitrogens is 2. The molecular weight excluding hydrogens is 779 g/mol. The molecule has 3 unspecified atom stereocenters. The first kappa shape index (κ1) is 38.0. The maximum Gasteiger partial charge on any atom is 0.132 e. The quantitative estimate of drug-likeness (QED) is 0.170. The number of pyridine rings is 2. The molecular formula is C59H45N5. The molecule has 0 amide bonds. The van der Waals surface area contributed by atoms with Crippen LogP contribution in [0, 0.1) is 5.92 Å². The third-order valence-electron chi connectivity index (χ3n) is 13.5. The number of likely N-dealkylation sites (N-methyl/N-ethyl adjacent to an activating group) is 1. The molecule has 3 heterocycles. The molecule has 1 aliphatic heterocycles. The summed E-state index contributed by atoms with van der Waals surface area (Å²) in [5.74, 6) is 1.21. The van der Waals surface area contributed by atoms with Gasteiger partial charge >= 0.3 is 0 Å². The molecule has 0 saturated heterocycles. The molecule has 8 aromatic carbocycles.